The molecule has 0 aliphatic carbocycles. The van der Waals surface area contributed by atoms with Crippen molar-refractivity contribution in [1.82, 2.24) is 9.88 Å². The van der Waals surface area contributed by atoms with Crippen molar-refractivity contribution in [1.29, 1.82) is 0 Å². The Hall–Kier alpha value is -2.66. The molecule has 124 valence electrons. The van der Waals surface area contributed by atoms with E-state index < -0.39 is 5.97 Å². The fourth-order valence-corrected chi connectivity index (χ4v) is 2.76. The highest BCUT2D eigenvalue weighted by molar-refractivity contribution is 5.85. The number of aliphatic carboxylic acids is 1. The summed E-state index contributed by atoms with van der Waals surface area (Å²) in [5, 5.41) is 8.75. The Morgan fingerprint density at radius 2 is 1.88 bits per heavy atom. The number of hydrogen-bond acceptors (Lipinski definition) is 4. The Morgan fingerprint density at radius 1 is 1.12 bits per heavy atom. The Labute approximate surface area is 141 Å². The Bertz CT molecular complexity index is 750. The first-order valence-corrected chi connectivity index (χ1v) is 8.04. The fourth-order valence-electron chi connectivity index (χ4n) is 2.76. The molecule has 5 nitrogen and oxygen atoms in total. The van der Waals surface area contributed by atoms with Gasteiger partial charge in [0.2, 0.25) is 0 Å². The first-order chi connectivity index (χ1) is 11.6. The van der Waals surface area contributed by atoms with Crippen LogP contribution in [0.15, 0.2) is 48.5 Å². The number of pyridine rings is 1. The minimum Gasteiger partial charge on any atom is -0.478 e. The van der Waals surface area contributed by atoms with Gasteiger partial charge in [-0.1, -0.05) is 24.3 Å². The van der Waals surface area contributed by atoms with Crippen LogP contribution >= 0.6 is 0 Å². The molecule has 1 saturated heterocycles. The van der Waals surface area contributed by atoms with E-state index >= 15 is 0 Å². The number of aromatic nitrogens is 1. The van der Waals surface area contributed by atoms with E-state index in [9.17, 15) is 4.79 Å². The van der Waals surface area contributed by atoms with Gasteiger partial charge in [0.25, 0.3) is 0 Å². The van der Waals surface area contributed by atoms with E-state index in [1.54, 1.807) is 6.08 Å². The average molecular weight is 323 g/mol. The number of benzene rings is 1. The summed E-state index contributed by atoms with van der Waals surface area (Å²) in [7, 11) is 2.14. The first-order valence-electron chi connectivity index (χ1n) is 8.04. The lowest BCUT2D eigenvalue weighted by Gasteiger charge is -2.33. The molecule has 2 aromatic rings. The van der Waals surface area contributed by atoms with Crippen molar-refractivity contribution in [2.24, 2.45) is 0 Å². The Balaban J connectivity index is 1.83. The van der Waals surface area contributed by atoms with Gasteiger partial charge in [-0.15, -0.1) is 0 Å². The zero-order valence-corrected chi connectivity index (χ0v) is 13.7. The van der Waals surface area contributed by atoms with Gasteiger partial charge in [0.05, 0.1) is 5.69 Å². The van der Waals surface area contributed by atoms with Crippen molar-refractivity contribution in [2.45, 2.75) is 0 Å². The standard InChI is InChI=1S/C19H21N3O2/c1-21-10-12-22(13-11-21)18-7-3-6-17(20-18)16-5-2-4-15(14-16)8-9-19(23)24/h2-9,14H,10-13H2,1H3,(H,23,24). The molecular formula is C19H21N3O2. The molecule has 1 aromatic heterocycles. The van der Waals surface area contributed by atoms with E-state index in [4.69, 9.17) is 10.1 Å². The van der Waals surface area contributed by atoms with Gasteiger partial charge in [-0.2, -0.15) is 0 Å². The summed E-state index contributed by atoms with van der Waals surface area (Å²) >= 11 is 0. The highest BCUT2D eigenvalue weighted by Gasteiger charge is 2.15. The third kappa shape index (κ3) is 4.00. The fraction of sp³-hybridized carbons (Fsp3) is 0.263. The van der Waals surface area contributed by atoms with Gasteiger partial charge in [-0.25, -0.2) is 9.78 Å². The molecule has 1 fully saturated rings. The van der Waals surface area contributed by atoms with E-state index in [1.807, 2.05) is 42.5 Å². The Morgan fingerprint density at radius 3 is 2.62 bits per heavy atom. The highest BCUT2D eigenvalue weighted by Crippen LogP contribution is 2.22. The second kappa shape index (κ2) is 7.27. The number of piperazine rings is 1. The molecule has 0 amide bonds. The average Bonchev–Trinajstić information content (AvgIpc) is 2.61. The van der Waals surface area contributed by atoms with Crippen LogP contribution in [0.4, 0.5) is 5.82 Å². The molecule has 5 heteroatoms. The van der Waals surface area contributed by atoms with Gasteiger partial charge in [0.15, 0.2) is 0 Å². The maximum atomic E-state index is 10.7. The summed E-state index contributed by atoms with van der Waals surface area (Å²) in [5.41, 5.74) is 2.73. The van der Waals surface area contributed by atoms with Crippen molar-refractivity contribution in [3.63, 3.8) is 0 Å². The van der Waals surface area contributed by atoms with E-state index in [2.05, 4.69) is 16.8 Å². The van der Waals surface area contributed by atoms with Gasteiger partial charge in [-0.3, -0.25) is 0 Å². The van der Waals surface area contributed by atoms with Crippen molar-refractivity contribution in [3.8, 4) is 11.3 Å². The molecule has 1 aliphatic heterocycles. The maximum absolute atomic E-state index is 10.7. The molecule has 0 saturated carbocycles. The molecule has 1 aromatic carbocycles. The van der Waals surface area contributed by atoms with Crippen LogP contribution in [0.5, 0.6) is 0 Å². The molecule has 1 aliphatic rings. The van der Waals surface area contributed by atoms with Gasteiger partial charge in [-0.05, 0) is 36.9 Å². The topological polar surface area (TPSA) is 56.7 Å². The third-order valence-electron chi connectivity index (χ3n) is 4.16. The number of carbonyl (C=O) groups is 1. The van der Waals surface area contributed by atoms with E-state index in [1.165, 1.54) is 0 Å². The second-order valence-corrected chi connectivity index (χ2v) is 5.97. The van der Waals surface area contributed by atoms with Crippen molar-refractivity contribution in [2.75, 3.05) is 38.1 Å². The summed E-state index contributed by atoms with van der Waals surface area (Å²) in [5.74, 6) is 0.0441. The molecule has 3 rings (SSSR count). The zero-order valence-electron chi connectivity index (χ0n) is 13.7. The zero-order chi connectivity index (χ0) is 16.9. The van der Waals surface area contributed by atoms with Gasteiger partial charge in [0.1, 0.15) is 5.82 Å². The number of carboxylic acids is 1. The van der Waals surface area contributed by atoms with E-state index in [0.29, 0.717) is 0 Å². The van der Waals surface area contributed by atoms with Crippen molar-refractivity contribution < 1.29 is 9.90 Å². The lowest BCUT2D eigenvalue weighted by Crippen LogP contribution is -2.44. The largest absolute Gasteiger partial charge is 0.478 e. The summed E-state index contributed by atoms with van der Waals surface area (Å²) < 4.78 is 0. The monoisotopic (exact) mass is 323 g/mol. The molecule has 0 atom stereocenters. The molecule has 24 heavy (non-hydrogen) atoms. The minimum absolute atomic E-state index is 0.849. The molecule has 0 spiro atoms. The van der Waals surface area contributed by atoms with Crippen LogP contribution in [0.25, 0.3) is 17.3 Å². The predicted octanol–water partition coefficient (Wildman–Crippen LogP) is 2.60. The molecular weight excluding hydrogens is 302 g/mol. The van der Waals surface area contributed by atoms with Crippen molar-refractivity contribution >= 4 is 17.9 Å². The van der Waals surface area contributed by atoms with Crippen LogP contribution in [0.2, 0.25) is 0 Å². The maximum Gasteiger partial charge on any atom is 0.328 e. The quantitative estimate of drug-likeness (QED) is 0.877. The van der Waals surface area contributed by atoms with Crippen LogP contribution in [-0.4, -0.2) is 54.2 Å². The molecule has 0 unspecified atom stereocenters. The van der Waals surface area contributed by atoms with Crippen LogP contribution in [0, 0.1) is 0 Å². The van der Waals surface area contributed by atoms with Crippen LogP contribution in [-0.2, 0) is 4.79 Å². The molecule has 0 bridgehead atoms. The van der Waals surface area contributed by atoms with Crippen LogP contribution in [0.3, 0.4) is 0 Å². The van der Waals surface area contributed by atoms with Crippen molar-refractivity contribution in [3.05, 3.63) is 54.1 Å². The lowest BCUT2D eigenvalue weighted by atomic mass is 10.1. The number of anilines is 1. The second-order valence-electron chi connectivity index (χ2n) is 5.97. The van der Waals surface area contributed by atoms with Crippen LogP contribution < -0.4 is 4.90 Å². The number of nitrogens with zero attached hydrogens (tertiary/aromatic N) is 3. The van der Waals surface area contributed by atoms with Gasteiger partial charge in [0, 0.05) is 37.8 Å². The van der Waals surface area contributed by atoms with E-state index in [-0.39, 0.29) is 0 Å². The lowest BCUT2D eigenvalue weighted by molar-refractivity contribution is -0.131. The molecule has 0 radical (unpaired) electrons. The first kappa shape index (κ1) is 16.2. The third-order valence-corrected chi connectivity index (χ3v) is 4.16. The SMILES string of the molecule is CN1CCN(c2cccc(-c3cccc(C=CC(=O)O)c3)n2)CC1. The summed E-state index contributed by atoms with van der Waals surface area (Å²) in [4.78, 5) is 20.1. The summed E-state index contributed by atoms with van der Waals surface area (Å²) in [6, 6.07) is 13.8. The van der Waals surface area contributed by atoms with Crippen LogP contribution in [0.1, 0.15) is 5.56 Å². The number of carboxylic acid groups (broad SMARTS) is 1. The smallest absolute Gasteiger partial charge is 0.328 e. The summed E-state index contributed by atoms with van der Waals surface area (Å²) in [6.07, 6.45) is 2.74. The normalized spacial score (nSPS) is 15.8. The number of hydrogen-bond donors (Lipinski definition) is 1. The Kier molecular flexibility index (Phi) is 4.91. The number of likely N-dealkylation sites (N-methyl/N-ethyl adjacent to an activating group) is 1. The highest BCUT2D eigenvalue weighted by atomic mass is 16.4. The number of rotatable bonds is 4. The molecule has 1 N–H and O–H groups in total. The van der Waals surface area contributed by atoms with Gasteiger partial charge >= 0.3 is 5.97 Å². The summed E-state index contributed by atoms with van der Waals surface area (Å²) in [6.45, 7) is 4.05. The minimum atomic E-state index is -0.949. The van der Waals surface area contributed by atoms with Gasteiger partial charge < -0.3 is 14.9 Å². The predicted molar refractivity (Wildman–Crippen MR) is 96.1 cm³/mol. The molecule has 2 heterocycles. The van der Waals surface area contributed by atoms with E-state index in [0.717, 1.165) is 54.9 Å².